The van der Waals surface area contributed by atoms with E-state index in [0.717, 1.165) is 24.9 Å². The largest absolute Gasteiger partial charge is 0.385 e. The molecule has 1 aliphatic rings. The van der Waals surface area contributed by atoms with E-state index in [4.69, 9.17) is 5.73 Å². The first kappa shape index (κ1) is 8.57. The molecule has 0 radical (unpaired) electrons. The Kier molecular flexibility index (Phi) is 2.50. The van der Waals surface area contributed by atoms with Crippen LogP contribution < -0.4 is 11.1 Å². The van der Waals surface area contributed by atoms with E-state index in [0.29, 0.717) is 0 Å². The zero-order valence-electron chi connectivity index (χ0n) is 7.74. The molecule has 0 aromatic heterocycles. The predicted octanol–water partition coefficient (Wildman–Crippen LogP) is 1.69. The number of anilines is 1. The molecule has 1 aromatic carbocycles. The highest BCUT2D eigenvalue weighted by atomic mass is 14.9. The molecule has 1 aromatic rings. The Balaban J connectivity index is 1.75. The monoisotopic (exact) mass is 176 g/mol. The zero-order valence-corrected chi connectivity index (χ0v) is 7.74. The standard InChI is InChI=1S/C11H16N2/c12-7-9-6-10(9)8-13-11-4-2-1-3-5-11/h1-5,9-10,13H,6-8,12H2/t9-,10+/m1/s1. The van der Waals surface area contributed by atoms with Gasteiger partial charge in [0.05, 0.1) is 0 Å². The number of rotatable bonds is 4. The molecule has 70 valence electrons. The lowest BCUT2D eigenvalue weighted by molar-refractivity contribution is 0.733. The number of benzene rings is 1. The minimum Gasteiger partial charge on any atom is -0.385 e. The average molecular weight is 176 g/mol. The van der Waals surface area contributed by atoms with Gasteiger partial charge in [0.15, 0.2) is 0 Å². The molecule has 0 spiro atoms. The smallest absolute Gasteiger partial charge is 0.0340 e. The SMILES string of the molecule is NC[C@H]1C[C@H]1CNc1ccccc1. The third-order valence-corrected chi connectivity index (χ3v) is 2.71. The van der Waals surface area contributed by atoms with Crippen LogP contribution in [0.25, 0.3) is 0 Å². The zero-order chi connectivity index (χ0) is 9.10. The molecule has 2 nitrogen and oxygen atoms in total. The summed E-state index contributed by atoms with van der Waals surface area (Å²) in [6.07, 6.45) is 1.30. The molecule has 2 heteroatoms. The van der Waals surface area contributed by atoms with Crippen molar-refractivity contribution in [2.45, 2.75) is 6.42 Å². The van der Waals surface area contributed by atoms with Gasteiger partial charge in [0.1, 0.15) is 0 Å². The quantitative estimate of drug-likeness (QED) is 0.732. The van der Waals surface area contributed by atoms with E-state index in [9.17, 15) is 0 Å². The van der Waals surface area contributed by atoms with Crippen molar-refractivity contribution in [3.63, 3.8) is 0 Å². The van der Waals surface area contributed by atoms with E-state index in [2.05, 4.69) is 29.6 Å². The van der Waals surface area contributed by atoms with Gasteiger partial charge in [-0.15, -0.1) is 0 Å². The second-order valence-electron chi connectivity index (χ2n) is 3.74. The van der Waals surface area contributed by atoms with Crippen LogP contribution in [0.3, 0.4) is 0 Å². The first-order valence-electron chi connectivity index (χ1n) is 4.89. The third-order valence-electron chi connectivity index (χ3n) is 2.71. The first-order valence-corrected chi connectivity index (χ1v) is 4.89. The molecule has 1 saturated carbocycles. The Morgan fingerprint density at radius 3 is 2.62 bits per heavy atom. The fraction of sp³-hybridized carbons (Fsp3) is 0.455. The van der Waals surface area contributed by atoms with Crippen molar-refractivity contribution in [2.24, 2.45) is 17.6 Å². The maximum Gasteiger partial charge on any atom is 0.0340 e. The third kappa shape index (κ3) is 2.22. The molecule has 0 saturated heterocycles. The minimum absolute atomic E-state index is 0.774. The molecule has 0 bridgehead atoms. The summed E-state index contributed by atoms with van der Waals surface area (Å²) in [5.41, 5.74) is 6.78. The van der Waals surface area contributed by atoms with Gasteiger partial charge in [-0.1, -0.05) is 18.2 Å². The molecule has 0 amide bonds. The number of hydrogen-bond donors (Lipinski definition) is 2. The highest BCUT2D eigenvalue weighted by Crippen LogP contribution is 2.37. The van der Waals surface area contributed by atoms with Gasteiger partial charge in [-0.3, -0.25) is 0 Å². The van der Waals surface area contributed by atoms with Gasteiger partial charge in [-0.05, 0) is 36.9 Å². The van der Waals surface area contributed by atoms with Crippen LogP contribution in [0.5, 0.6) is 0 Å². The molecule has 3 N–H and O–H groups in total. The summed E-state index contributed by atoms with van der Waals surface area (Å²) in [6.45, 7) is 1.92. The first-order chi connectivity index (χ1) is 6.40. The maximum atomic E-state index is 5.57. The Morgan fingerprint density at radius 2 is 2.00 bits per heavy atom. The van der Waals surface area contributed by atoms with Crippen molar-refractivity contribution < 1.29 is 0 Å². The number of para-hydroxylation sites is 1. The number of nitrogens with one attached hydrogen (secondary N) is 1. The molecule has 0 heterocycles. The second kappa shape index (κ2) is 3.79. The predicted molar refractivity (Wildman–Crippen MR) is 55.6 cm³/mol. The molecular weight excluding hydrogens is 160 g/mol. The highest BCUT2D eigenvalue weighted by molar-refractivity contribution is 5.42. The maximum absolute atomic E-state index is 5.57. The van der Waals surface area contributed by atoms with E-state index in [-0.39, 0.29) is 0 Å². The Labute approximate surface area is 79.1 Å². The lowest BCUT2D eigenvalue weighted by atomic mass is 10.3. The lowest BCUT2D eigenvalue weighted by Gasteiger charge is -2.04. The number of nitrogens with two attached hydrogens (primary N) is 1. The van der Waals surface area contributed by atoms with Crippen molar-refractivity contribution in [1.82, 2.24) is 0 Å². The van der Waals surface area contributed by atoms with Gasteiger partial charge >= 0.3 is 0 Å². The Morgan fingerprint density at radius 1 is 1.23 bits per heavy atom. The topological polar surface area (TPSA) is 38.0 Å². The van der Waals surface area contributed by atoms with Gasteiger partial charge in [0.25, 0.3) is 0 Å². The summed E-state index contributed by atoms with van der Waals surface area (Å²) >= 11 is 0. The average Bonchev–Trinajstić information content (AvgIpc) is 2.95. The fourth-order valence-electron chi connectivity index (χ4n) is 1.65. The highest BCUT2D eigenvalue weighted by Gasteiger charge is 2.34. The normalized spacial score (nSPS) is 25.6. The minimum atomic E-state index is 0.774. The molecular formula is C11H16N2. The van der Waals surface area contributed by atoms with Crippen LogP contribution in [0.4, 0.5) is 5.69 Å². The van der Waals surface area contributed by atoms with Crippen molar-refractivity contribution in [3.05, 3.63) is 30.3 Å². The summed E-state index contributed by atoms with van der Waals surface area (Å²) in [5.74, 6) is 1.58. The van der Waals surface area contributed by atoms with Gasteiger partial charge in [-0.25, -0.2) is 0 Å². The molecule has 2 atom stereocenters. The number of hydrogen-bond acceptors (Lipinski definition) is 2. The van der Waals surface area contributed by atoms with Crippen LogP contribution in [0.15, 0.2) is 30.3 Å². The summed E-state index contributed by atoms with van der Waals surface area (Å²) in [6, 6.07) is 10.3. The van der Waals surface area contributed by atoms with Crippen LogP contribution in [0, 0.1) is 11.8 Å². The Bertz CT molecular complexity index is 258. The van der Waals surface area contributed by atoms with Gasteiger partial charge in [-0.2, -0.15) is 0 Å². The molecule has 0 aliphatic heterocycles. The van der Waals surface area contributed by atoms with E-state index in [1.165, 1.54) is 12.1 Å². The van der Waals surface area contributed by atoms with Crippen molar-refractivity contribution in [3.8, 4) is 0 Å². The van der Waals surface area contributed by atoms with Crippen LogP contribution in [-0.2, 0) is 0 Å². The summed E-state index contributed by atoms with van der Waals surface area (Å²) in [7, 11) is 0. The van der Waals surface area contributed by atoms with E-state index >= 15 is 0 Å². The summed E-state index contributed by atoms with van der Waals surface area (Å²) in [5, 5.41) is 3.42. The molecule has 0 unspecified atom stereocenters. The van der Waals surface area contributed by atoms with E-state index < -0.39 is 0 Å². The van der Waals surface area contributed by atoms with Gasteiger partial charge in [0.2, 0.25) is 0 Å². The molecule has 1 aliphatic carbocycles. The molecule has 2 rings (SSSR count). The van der Waals surface area contributed by atoms with Crippen LogP contribution >= 0.6 is 0 Å². The Hall–Kier alpha value is -1.02. The van der Waals surface area contributed by atoms with Gasteiger partial charge in [0, 0.05) is 12.2 Å². The second-order valence-corrected chi connectivity index (χ2v) is 3.74. The van der Waals surface area contributed by atoms with Gasteiger partial charge < -0.3 is 11.1 Å². The molecule has 1 fully saturated rings. The fourth-order valence-corrected chi connectivity index (χ4v) is 1.65. The summed E-state index contributed by atoms with van der Waals surface area (Å²) in [4.78, 5) is 0. The van der Waals surface area contributed by atoms with Crippen molar-refractivity contribution in [2.75, 3.05) is 18.4 Å². The summed E-state index contributed by atoms with van der Waals surface area (Å²) < 4.78 is 0. The van der Waals surface area contributed by atoms with Crippen LogP contribution in [0.1, 0.15) is 6.42 Å². The van der Waals surface area contributed by atoms with Crippen molar-refractivity contribution in [1.29, 1.82) is 0 Å². The van der Waals surface area contributed by atoms with E-state index in [1.54, 1.807) is 0 Å². The van der Waals surface area contributed by atoms with Crippen molar-refractivity contribution >= 4 is 5.69 Å². The van der Waals surface area contributed by atoms with Crippen LogP contribution in [-0.4, -0.2) is 13.1 Å². The molecule has 13 heavy (non-hydrogen) atoms. The van der Waals surface area contributed by atoms with Crippen LogP contribution in [0.2, 0.25) is 0 Å². The van der Waals surface area contributed by atoms with E-state index in [1.807, 2.05) is 6.07 Å². The lowest BCUT2D eigenvalue weighted by Crippen LogP contribution is -2.08.